The predicted molar refractivity (Wildman–Crippen MR) is 89.1 cm³/mol. The molecule has 3 aliphatic rings. The van der Waals surface area contributed by atoms with Gasteiger partial charge in [-0.3, -0.25) is 4.90 Å². The molecule has 1 aromatic carbocycles. The summed E-state index contributed by atoms with van der Waals surface area (Å²) in [5.74, 6) is 4.68. The number of hydrogen-bond acceptors (Lipinski definition) is 2. The summed E-state index contributed by atoms with van der Waals surface area (Å²) in [5.41, 5.74) is 3.51. The first-order chi connectivity index (χ1) is 10.8. The Morgan fingerprint density at radius 3 is 3.09 bits per heavy atom. The molecule has 2 fully saturated rings. The average molecular weight is 295 g/mol. The van der Waals surface area contributed by atoms with Gasteiger partial charge in [0, 0.05) is 18.0 Å². The molecule has 0 N–H and O–H groups in total. The molecule has 1 saturated carbocycles. The smallest absolute Gasteiger partial charge is 0.119 e. The van der Waals surface area contributed by atoms with E-state index in [4.69, 9.17) is 11.2 Å². The van der Waals surface area contributed by atoms with Gasteiger partial charge in [-0.15, -0.1) is 6.42 Å². The molecule has 0 aromatic heterocycles. The molecule has 3 atom stereocenters. The van der Waals surface area contributed by atoms with Gasteiger partial charge in [-0.25, -0.2) is 0 Å². The Morgan fingerprint density at radius 1 is 1.36 bits per heavy atom. The number of terminal acetylenes is 1. The topological polar surface area (TPSA) is 12.5 Å². The van der Waals surface area contributed by atoms with Crippen LogP contribution < -0.4 is 4.74 Å². The highest BCUT2D eigenvalue weighted by atomic mass is 16.5. The molecule has 0 unspecified atom stereocenters. The fourth-order valence-corrected chi connectivity index (χ4v) is 5.50. The van der Waals surface area contributed by atoms with Crippen LogP contribution in [0.2, 0.25) is 0 Å². The first-order valence-corrected chi connectivity index (χ1v) is 8.63. The summed E-state index contributed by atoms with van der Waals surface area (Å²) in [6.45, 7) is 1.96. The fourth-order valence-electron chi connectivity index (χ4n) is 5.50. The van der Waals surface area contributed by atoms with Crippen molar-refractivity contribution in [1.82, 2.24) is 4.90 Å². The molecule has 0 spiro atoms. The highest BCUT2D eigenvalue weighted by Gasteiger charge is 2.53. The minimum atomic E-state index is 0.385. The van der Waals surface area contributed by atoms with Crippen LogP contribution in [0.1, 0.15) is 43.2 Å². The van der Waals surface area contributed by atoms with Crippen LogP contribution in [0.25, 0.3) is 0 Å². The Bertz CT molecular complexity index is 617. The van der Waals surface area contributed by atoms with Crippen LogP contribution in [0.3, 0.4) is 0 Å². The maximum Gasteiger partial charge on any atom is 0.119 e. The van der Waals surface area contributed by atoms with Crippen molar-refractivity contribution in [1.29, 1.82) is 0 Å². The molecule has 2 heteroatoms. The summed E-state index contributed by atoms with van der Waals surface area (Å²) in [6.07, 6.45) is 13.5. The highest BCUT2D eigenvalue weighted by molar-refractivity contribution is 5.45. The van der Waals surface area contributed by atoms with E-state index in [1.165, 1.54) is 37.7 Å². The molecule has 116 valence electrons. The van der Waals surface area contributed by atoms with Crippen molar-refractivity contribution in [2.75, 3.05) is 20.2 Å². The quantitative estimate of drug-likeness (QED) is 0.776. The number of likely N-dealkylation sites (tertiary alicyclic amines) is 1. The van der Waals surface area contributed by atoms with Gasteiger partial charge in [0.2, 0.25) is 0 Å². The SMILES string of the molecule is C#CCN1CC[C@]23CCCC[C@H]2[C@H]1Cc1ccc(OC)cc13. The molecule has 1 heterocycles. The minimum Gasteiger partial charge on any atom is -0.497 e. The summed E-state index contributed by atoms with van der Waals surface area (Å²) in [5, 5.41) is 0. The van der Waals surface area contributed by atoms with E-state index in [0.29, 0.717) is 11.5 Å². The fraction of sp³-hybridized carbons (Fsp3) is 0.600. The molecular weight excluding hydrogens is 270 g/mol. The largest absolute Gasteiger partial charge is 0.497 e. The van der Waals surface area contributed by atoms with Gasteiger partial charge < -0.3 is 4.74 Å². The number of piperidine rings is 1. The van der Waals surface area contributed by atoms with Gasteiger partial charge >= 0.3 is 0 Å². The summed E-state index contributed by atoms with van der Waals surface area (Å²) in [7, 11) is 1.78. The molecule has 1 aromatic rings. The van der Waals surface area contributed by atoms with Crippen LogP contribution in [-0.4, -0.2) is 31.1 Å². The lowest BCUT2D eigenvalue weighted by molar-refractivity contribution is -0.00416. The average Bonchev–Trinajstić information content (AvgIpc) is 2.57. The molecule has 2 bridgehead atoms. The van der Waals surface area contributed by atoms with Crippen molar-refractivity contribution in [3.63, 3.8) is 0 Å². The third kappa shape index (κ3) is 1.92. The number of fused-ring (bicyclic) bond motifs is 1. The Morgan fingerprint density at radius 2 is 2.27 bits per heavy atom. The Balaban J connectivity index is 1.82. The van der Waals surface area contributed by atoms with Gasteiger partial charge in [-0.1, -0.05) is 24.8 Å². The van der Waals surface area contributed by atoms with Crippen LogP contribution >= 0.6 is 0 Å². The lowest BCUT2D eigenvalue weighted by Crippen LogP contribution is -2.60. The summed E-state index contributed by atoms with van der Waals surface area (Å²) >= 11 is 0. The van der Waals surface area contributed by atoms with Crippen LogP contribution in [-0.2, 0) is 11.8 Å². The second-order valence-corrected chi connectivity index (χ2v) is 7.23. The third-order valence-corrected chi connectivity index (χ3v) is 6.45. The Labute approximate surface area is 133 Å². The summed E-state index contributed by atoms with van der Waals surface area (Å²) < 4.78 is 5.52. The first kappa shape index (κ1) is 14.2. The van der Waals surface area contributed by atoms with E-state index >= 15 is 0 Å². The zero-order valence-electron chi connectivity index (χ0n) is 13.5. The summed E-state index contributed by atoms with van der Waals surface area (Å²) in [6, 6.07) is 7.40. The molecule has 22 heavy (non-hydrogen) atoms. The molecular formula is C20H25NO. The van der Waals surface area contributed by atoms with Crippen molar-refractivity contribution in [3.05, 3.63) is 29.3 Å². The van der Waals surface area contributed by atoms with Crippen LogP contribution in [0.15, 0.2) is 18.2 Å². The molecule has 1 saturated heterocycles. The lowest BCUT2D eigenvalue weighted by atomic mass is 9.52. The number of nitrogens with zero attached hydrogens (tertiary/aromatic N) is 1. The summed E-state index contributed by atoms with van der Waals surface area (Å²) in [4.78, 5) is 2.57. The van der Waals surface area contributed by atoms with E-state index in [1.807, 2.05) is 0 Å². The van der Waals surface area contributed by atoms with Gasteiger partial charge in [0.15, 0.2) is 0 Å². The molecule has 1 aliphatic heterocycles. The van der Waals surface area contributed by atoms with E-state index < -0.39 is 0 Å². The van der Waals surface area contributed by atoms with Crippen LogP contribution in [0.4, 0.5) is 0 Å². The van der Waals surface area contributed by atoms with Crippen molar-refractivity contribution >= 4 is 0 Å². The second-order valence-electron chi connectivity index (χ2n) is 7.23. The van der Waals surface area contributed by atoms with E-state index in [0.717, 1.165) is 31.2 Å². The molecule has 4 rings (SSSR count). The normalized spacial score (nSPS) is 33.5. The van der Waals surface area contributed by atoms with Gasteiger partial charge in [0.05, 0.1) is 13.7 Å². The van der Waals surface area contributed by atoms with Gasteiger partial charge in [-0.2, -0.15) is 0 Å². The molecule has 2 aliphatic carbocycles. The Hall–Kier alpha value is -1.46. The van der Waals surface area contributed by atoms with Crippen molar-refractivity contribution < 1.29 is 4.74 Å². The maximum atomic E-state index is 5.62. The maximum absolute atomic E-state index is 5.62. The standard InChI is InChI=1S/C20H25NO/c1-3-11-21-12-10-20-9-5-4-6-17(20)19(21)13-15-7-8-16(22-2)14-18(15)20/h1,7-8,14,17,19H,4-6,9-13H2,2H3/t17-,19+,20+/m0/s1. The number of rotatable bonds is 2. The van der Waals surface area contributed by atoms with Gasteiger partial charge in [0.1, 0.15) is 5.75 Å². The Kier molecular flexibility index (Phi) is 3.42. The van der Waals surface area contributed by atoms with Gasteiger partial charge in [0.25, 0.3) is 0 Å². The number of ether oxygens (including phenoxy) is 1. The number of methoxy groups -OCH3 is 1. The van der Waals surface area contributed by atoms with Crippen LogP contribution in [0.5, 0.6) is 5.75 Å². The van der Waals surface area contributed by atoms with Gasteiger partial charge in [-0.05, 0) is 54.9 Å². The molecule has 0 amide bonds. The van der Waals surface area contributed by atoms with E-state index in [2.05, 4.69) is 29.0 Å². The van der Waals surface area contributed by atoms with E-state index in [1.54, 1.807) is 12.7 Å². The van der Waals surface area contributed by atoms with Crippen molar-refractivity contribution in [2.45, 2.75) is 50.0 Å². The minimum absolute atomic E-state index is 0.385. The third-order valence-electron chi connectivity index (χ3n) is 6.45. The lowest BCUT2D eigenvalue weighted by Gasteiger charge is -2.59. The second kappa shape index (κ2) is 5.32. The molecule has 0 radical (unpaired) electrons. The number of benzene rings is 1. The number of hydrogen-bond donors (Lipinski definition) is 0. The zero-order valence-corrected chi connectivity index (χ0v) is 13.5. The van der Waals surface area contributed by atoms with Crippen molar-refractivity contribution in [2.24, 2.45) is 5.92 Å². The first-order valence-electron chi connectivity index (χ1n) is 8.63. The molecule has 2 nitrogen and oxygen atoms in total. The predicted octanol–water partition coefficient (Wildman–Crippen LogP) is 3.39. The van der Waals surface area contributed by atoms with Crippen molar-refractivity contribution in [3.8, 4) is 18.1 Å². The van der Waals surface area contributed by atoms with Crippen LogP contribution in [0, 0.1) is 18.3 Å². The van der Waals surface area contributed by atoms with E-state index in [-0.39, 0.29) is 0 Å². The zero-order chi connectivity index (χ0) is 15.2. The van der Waals surface area contributed by atoms with E-state index in [9.17, 15) is 0 Å². The monoisotopic (exact) mass is 295 g/mol. The highest BCUT2D eigenvalue weighted by Crippen LogP contribution is 2.56.